The Kier molecular flexibility index (Phi) is 21.9. The van der Waals surface area contributed by atoms with E-state index >= 15 is 0 Å². The van der Waals surface area contributed by atoms with Gasteiger partial charge in [-0.3, -0.25) is 10.2 Å². The van der Waals surface area contributed by atoms with E-state index in [9.17, 15) is 14.4 Å². The molecule has 0 aliphatic rings. The molecule has 7 N–H and O–H groups in total. The summed E-state index contributed by atoms with van der Waals surface area (Å²) < 4.78 is 4.78. The van der Waals surface area contributed by atoms with Crippen LogP contribution >= 0.6 is 0 Å². The molecule has 0 aromatic heterocycles. The molecule has 0 aliphatic heterocycles. The first-order chi connectivity index (χ1) is 17.3. The van der Waals surface area contributed by atoms with Gasteiger partial charge in [0.15, 0.2) is 5.96 Å². The highest BCUT2D eigenvalue weighted by molar-refractivity contribution is 5.92. The van der Waals surface area contributed by atoms with Gasteiger partial charge in [0.1, 0.15) is 12.1 Å². The lowest BCUT2D eigenvalue weighted by molar-refractivity contribution is -0.162. The Hall–Kier alpha value is -2.16. The zero-order chi connectivity index (χ0) is 27.0. The van der Waals surface area contributed by atoms with Crippen LogP contribution in [0.2, 0.25) is 0 Å². The quantitative estimate of drug-likeness (QED) is 0.0446. The van der Waals surface area contributed by atoms with Crippen LogP contribution in [0.5, 0.6) is 0 Å². The van der Waals surface area contributed by atoms with E-state index in [4.69, 9.17) is 21.6 Å². The summed E-state index contributed by atoms with van der Waals surface area (Å²) in [5, 5.41) is 12.2. The lowest BCUT2D eigenvalue weighted by Crippen LogP contribution is -2.43. The second-order valence-corrected chi connectivity index (χ2v) is 9.82. The number of nitrogens with one attached hydrogen (secondary N) is 3. The molecule has 0 fully saturated rings. The monoisotopic (exact) mass is 511 g/mol. The Balaban J connectivity index is 3.67. The number of carbonyl (C=O) groups excluding carboxylic acids is 3. The zero-order valence-electron chi connectivity index (χ0n) is 22.9. The molecule has 0 spiro atoms. The molecule has 0 aromatic rings. The third-order valence-electron chi connectivity index (χ3n) is 6.25. The van der Waals surface area contributed by atoms with Crippen LogP contribution in [-0.2, 0) is 19.1 Å². The van der Waals surface area contributed by atoms with E-state index in [1.165, 1.54) is 84.0 Å². The molecular weight excluding hydrogens is 458 g/mol. The average Bonchev–Trinajstić information content (AvgIpc) is 2.83. The van der Waals surface area contributed by atoms with Crippen molar-refractivity contribution in [2.45, 2.75) is 142 Å². The van der Waals surface area contributed by atoms with Gasteiger partial charge in [-0.05, 0) is 26.2 Å². The standard InChI is InChI=1S/C27H53N5O4/c1-3-4-5-6-7-8-9-10-11-12-13-14-15-16-17-20-24(33)32-22(2)25(34)36-26(35)23(28)19-18-21-31-27(29)30/h22-23H,3-21,28H2,1-2H3,(H,32,33)(H4,29,30,31)/t22-,23-/m0/s1. The minimum absolute atomic E-state index is 0.157. The third kappa shape index (κ3) is 21.1. The molecule has 1 amide bonds. The first-order valence-corrected chi connectivity index (χ1v) is 14.2. The summed E-state index contributed by atoms with van der Waals surface area (Å²) in [5.74, 6) is -2.02. The summed E-state index contributed by atoms with van der Waals surface area (Å²) in [4.78, 5) is 36.1. The van der Waals surface area contributed by atoms with Gasteiger partial charge in [0.05, 0.1) is 0 Å². The van der Waals surface area contributed by atoms with Crippen LogP contribution in [0.25, 0.3) is 0 Å². The molecule has 9 nitrogen and oxygen atoms in total. The Morgan fingerprint density at radius 1 is 0.778 bits per heavy atom. The predicted octanol–water partition coefficient (Wildman–Crippen LogP) is 4.41. The van der Waals surface area contributed by atoms with E-state index in [1.54, 1.807) is 0 Å². The van der Waals surface area contributed by atoms with Crippen molar-refractivity contribution in [3.63, 3.8) is 0 Å². The van der Waals surface area contributed by atoms with E-state index < -0.39 is 24.0 Å². The number of nitrogens with two attached hydrogens (primary N) is 2. The first kappa shape index (κ1) is 33.8. The molecule has 0 aromatic carbocycles. The average molecular weight is 512 g/mol. The number of amides is 1. The lowest BCUT2D eigenvalue weighted by Gasteiger charge is -2.15. The SMILES string of the molecule is CCCCCCCCCCCCCCCCCC(=O)N[C@@H](C)C(=O)OC(=O)[C@@H](N)CCCNC(=N)N. The topological polar surface area (TPSA) is 160 Å². The van der Waals surface area contributed by atoms with Crippen molar-refractivity contribution in [3.05, 3.63) is 0 Å². The zero-order valence-corrected chi connectivity index (χ0v) is 22.9. The maximum absolute atomic E-state index is 12.1. The summed E-state index contributed by atoms with van der Waals surface area (Å²) in [6.07, 6.45) is 20.1. The summed E-state index contributed by atoms with van der Waals surface area (Å²) in [5.41, 5.74) is 10.9. The Morgan fingerprint density at radius 3 is 1.72 bits per heavy atom. The first-order valence-electron chi connectivity index (χ1n) is 14.2. The number of carbonyl (C=O) groups is 3. The highest BCUT2D eigenvalue weighted by atomic mass is 16.6. The smallest absolute Gasteiger partial charge is 0.336 e. The molecule has 210 valence electrons. The van der Waals surface area contributed by atoms with Crippen LogP contribution in [0.15, 0.2) is 0 Å². The van der Waals surface area contributed by atoms with Gasteiger partial charge in [-0.25, -0.2) is 9.59 Å². The largest absolute Gasteiger partial charge is 0.390 e. The summed E-state index contributed by atoms with van der Waals surface area (Å²) in [6.45, 7) is 4.14. The maximum atomic E-state index is 12.1. The van der Waals surface area contributed by atoms with Gasteiger partial charge in [-0.1, -0.05) is 96.8 Å². The number of hydrogen-bond donors (Lipinski definition) is 5. The molecule has 0 heterocycles. The van der Waals surface area contributed by atoms with Gasteiger partial charge in [-0.2, -0.15) is 0 Å². The Bertz CT molecular complexity index is 615. The molecule has 0 radical (unpaired) electrons. The Morgan fingerprint density at radius 2 is 1.25 bits per heavy atom. The predicted molar refractivity (Wildman–Crippen MR) is 145 cm³/mol. The van der Waals surface area contributed by atoms with Crippen molar-refractivity contribution in [3.8, 4) is 0 Å². The van der Waals surface area contributed by atoms with Crippen molar-refractivity contribution in [1.29, 1.82) is 5.41 Å². The maximum Gasteiger partial charge on any atom is 0.336 e. The van der Waals surface area contributed by atoms with E-state index in [2.05, 4.69) is 17.6 Å². The highest BCUT2D eigenvalue weighted by Crippen LogP contribution is 2.13. The normalized spacial score (nSPS) is 12.5. The van der Waals surface area contributed by atoms with Crippen LogP contribution in [-0.4, -0.2) is 42.4 Å². The van der Waals surface area contributed by atoms with Crippen molar-refractivity contribution in [2.75, 3.05) is 6.54 Å². The number of esters is 2. The van der Waals surface area contributed by atoms with Gasteiger partial charge in [0, 0.05) is 13.0 Å². The molecule has 0 bridgehead atoms. The van der Waals surface area contributed by atoms with Crippen LogP contribution < -0.4 is 22.1 Å². The van der Waals surface area contributed by atoms with Gasteiger partial charge in [0.25, 0.3) is 0 Å². The van der Waals surface area contributed by atoms with Gasteiger partial charge in [-0.15, -0.1) is 0 Å². The minimum Gasteiger partial charge on any atom is -0.390 e. The molecular formula is C27H53N5O4. The van der Waals surface area contributed by atoms with E-state index in [1.807, 2.05) is 0 Å². The summed E-state index contributed by atoms with van der Waals surface area (Å²) >= 11 is 0. The molecule has 0 saturated carbocycles. The van der Waals surface area contributed by atoms with Crippen molar-refractivity contribution in [2.24, 2.45) is 11.5 Å². The fourth-order valence-corrected chi connectivity index (χ4v) is 3.96. The van der Waals surface area contributed by atoms with E-state index in [0.717, 1.165) is 19.3 Å². The van der Waals surface area contributed by atoms with E-state index in [0.29, 0.717) is 19.4 Å². The number of ether oxygens (including phenoxy) is 1. The molecule has 36 heavy (non-hydrogen) atoms. The molecule has 0 aliphatic carbocycles. The van der Waals surface area contributed by atoms with Crippen LogP contribution in [0.3, 0.4) is 0 Å². The van der Waals surface area contributed by atoms with Gasteiger partial charge >= 0.3 is 11.9 Å². The van der Waals surface area contributed by atoms with Crippen molar-refractivity contribution in [1.82, 2.24) is 10.6 Å². The molecule has 0 saturated heterocycles. The van der Waals surface area contributed by atoms with Crippen molar-refractivity contribution >= 4 is 23.8 Å². The fraction of sp³-hybridized carbons (Fsp3) is 0.852. The van der Waals surface area contributed by atoms with E-state index in [-0.39, 0.29) is 18.3 Å². The number of guanidine groups is 1. The van der Waals surface area contributed by atoms with Crippen molar-refractivity contribution < 1.29 is 19.1 Å². The second-order valence-electron chi connectivity index (χ2n) is 9.82. The molecule has 2 atom stereocenters. The summed E-state index contributed by atoms with van der Waals surface area (Å²) in [7, 11) is 0. The third-order valence-corrected chi connectivity index (χ3v) is 6.25. The number of rotatable bonds is 23. The number of unbranched alkanes of at least 4 members (excludes halogenated alkanes) is 14. The second kappa shape index (κ2) is 23.3. The lowest BCUT2D eigenvalue weighted by atomic mass is 10.0. The number of hydrogen-bond acceptors (Lipinski definition) is 6. The van der Waals surface area contributed by atoms with Crippen LogP contribution in [0, 0.1) is 5.41 Å². The molecule has 9 heteroatoms. The van der Waals surface area contributed by atoms with Crippen LogP contribution in [0.1, 0.15) is 129 Å². The molecule has 0 rings (SSSR count). The molecule has 0 unspecified atom stereocenters. The van der Waals surface area contributed by atoms with Gasteiger partial charge in [0.2, 0.25) is 5.91 Å². The minimum atomic E-state index is -0.953. The van der Waals surface area contributed by atoms with Crippen LogP contribution in [0.4, 0.5) is 0 Å². The van der Waals surface area contributed by atoms with Gasteiger partial charge < -0.3 is 26.8 Å². The highest BCUT2D eigenvalue weighted by Gasteiger charge is 2.23. The Labute approximate surface area is 218 Å². The summed E-state index contributed by atoms with van der Waals surface area (Å²) in [6, 6.07) is -1.87. The fourth-order valence-electron chi connectivity index (χ4n) is 3.96.